The fraction of sp³-hybridized carbons (Fsp3) is 0.0714. The first-order valence-electron chi connectivity index (χ1n) is 6.76. The first-order valence-corrected chi connectivity index (χ1v) is 9.06. The predicted molar refractivity (Wildman–Crippen MR) is 87.0 cm³/mol. The fourth-order valence-electron chi connectivity index (χ4n) is 1.77. The molecule has 1 amide bonds. The first-order chi connectivity index (χ1) is 11.5. The summed E-state index contributed by atoms with van der Waals surface area (Å²) in [4.78, 5) is 11.8. The van der Waals surface area contributed by atoms with Crippen molar-refractivity contribution in [2.75, 3.05) is 5.32 Å². The number of sulfonamides is 1. The summed E-state index contributed by atoms with van der Waals surface area (Å²) >= 11 is 0.754. The number of anilines is 1. The molecule has 0 unspecified atom stereocenters. The number of aromatic nitrogens is 2. The number of benzene rings is 1. The van der Waals surface area contributed by atoms with Crippen LogP contribution in [-0.4, -0.2) is 24.5 Å². The van der Waals surface area contributed by atoms with Gasteiger partial charge in [-0.25, -0.2) is 13.1 Å². The second kappa shape index (κ2) is 6.91. The fourth-order valence-corrected chi connectivity index (χ4v) is 3.72. The quantitative estimate of drug-likeness (QED) is 0.645. The van der Waals surface area contributed by atoms with E-state index in [2.05, 4.69) is 20.2 Å². The van der Waals surface area contributed by atoms with Crippen LogP contribution in [0.2, 0.25) is 0 Å². The number of hydrogen-bond donors (Lipinski definition) is 2. The van der Waals surface area contributed by atoms with Gasteiger partial charge in [0.15, 0.2) is 5.76 Å². The summed E-state index contributed by atoms with van der Waals surface area (Å²) in [6.45, 7) is 0.136. The molecule has 0 spiro atoms. The normalized spacial score (nSPS) is 11.3. The third kappa shape index (κ3) is 3.85. The average Bonchev–Trinajstić information content (AvgIpc) is 3.26. The number of furan rings is 1. The molecular weight excluding hydrogens is 352 g/mol. The van der Waals surface area contributed by atoms with Gasteiger partial charge in [-0.2, -0.15) is 0 Å². The van der Waals surface area contributed by atoms with Crippen LogP contribution in [0.25, 0.3) is 0 Å². The SMILES string of the molecule is O=C(Nc1nnc(S(=O)(=O)NCc2ccccc2)s1)c1ccco1. The molecule has 3 rings (SSSR count). The predicted octanol–water partition coefficient (Wildman–Crippen LogP) is 1.86. The molecule has 0 bridgehead atoms. The Morgan fingerprint density at radius 3 is 2.62 bits per heavy atom. The van der Waals surface area contributed by atoms with Crippen molar-refractivity contribution in [3.63, 3.8) is 0 Å². The van der Waals surface area contributed by atoms with Gasteiger partial charge in [-0.1, -0.05) is 41.7 Å². The van der Waals surface area contributed by atoms with Crippen LogP contribution in [0.3, 0.4) is 0 Å². The molecular formula is C14H12N4O4S2. The van der Waals surface area contributed by atoms with E-state index in [4.69, 9.17) is 4.42 Å². The highest BCUT2D eigenvalue weighted by Crippen LogP contribution is 2.20. The van der Waals surface area contributed by atoms with Crippen LogP contribution in [0.1, 0.15) is 16.1 Å². The Bertz CT molecular complexity index is 921. The lowest BCUT2D eigenvalue weighted by molar-refractivity contribution is 0.0996. The summed E-state index contributed by atoms with van der Waals surface area (Å²) in [5.74, 6) is -0.436. The van der Waals surface area contributed by atoms with Gasteiger partial charge < -0.3 is 4.42 Å². The minimum atomic E-state index is -3.81. The van der Waals surface area contributed by atoms with Crippen molar-refractivity contribution in [2.45, 2.75) is 10.9 Å². The Kier molecular flexibility index (Phi) is 4.69. The van der Waals surface area contributed by atoms with Crippen LogP contribution in [-0.2, 0) is 16.6 Å². The molecule has 2 aromatic heterocycles. The maximum atomic E-state index is 12.2. The second-order valence-corrected chi connectivity index (χ2v) is 7.53. The zero-order valence-electron chi connectivity index (χ0n) is 12.2. The highest BCUT2D eigenvalue weighted by molar-refractivity contribution is 7.91. The number of nitrogens with one attached hydrogen (secondary N) is 2. The molecule has 0 aliphatic heterocycles. The van der Waals surface area contributed by atoms with Gasteiger partial charge in [0.05, 0.1) is 6.26 Å². The van der Waals surface area contributed by atoms with Crippen LogP contribution >= 0.6 is 11.3 Å². The summed E-state index contributed by atoms with van der Waals surface area (Å²) < 4.78 is 31.5. The van der Waals surface area contributed by atoms with Gasteiger partial charge in [-0.05, 0) is 17.7 Å². The number of hydrogen-bond acceptors (Lipinski definition) is 7. The number of carbonyl (C=O) groups excluding carboxylic acids is 1. The smallest absolute Gasteiger partial charge is 0.293 e. The van der Waals surface area contributed by atoms with E-state index in [1.807, 2.05) is 18.2 Å². The standard InChI is InChI=1S/C14H12N4O4S2/c19-12(11-7-4-8-22-11)16-13-17-18-14(23-13)24(20,21)15-9-10-5-2-1-3-6-10/h1-8,15H,9H2,(H,16,17,19). The van der Waals surface area contributed by atoms with Crippen LogP contribution in [0.4, 0.5) is 5.13 Å². The lowest BCUT2D eigenvalue weighted by Gasteiger charge is -2.03. The molecule has 0 radical (unpaired) electrons. The summed E-state index contributed by atoms with van der Waals surface area (Å²) in [5, 5.41) is 9.77. The minimum absolute atomic E-state index is 0.0662. The zero-order valence-corrected chi connectivity index (χ0v) is 13.8. The Labute approximate surface area is 141 Å². The Morgan fingerprint density at radius 2 is 1.92 bits per heavy atom. The van der Waals surface area contributed by atoms with E-state index in [0.29, 0.717) is 0 Å². The van der Waals surface area contributed by atoms with Gasteiger partial charge in [-0.3, -0.25) is 10.1 Å². The largest absolute Gasteiger partial charge is 0.459 e. The van der Waals surface area contributed by atoms with Crippen molar-refractivity contribution in [1.29, 1.82) is 0 Å². The molecule has 0 fully saturated rings. The highest BCUT2D eigenvalue weighted by atomic mass is 32.2. The molecule has 0 aliphatic carbocycles. The number of rotatable bonds is 6. The minimum Gasteiger partial charge on any atom is -0.459 e. The van der Waals surface area contributed by atoms with E-state index < -0.39 is 15.9 Å². The van der Waals surface area contributed by atoms with Gasteiger partial charge in [-0.15, -0.1) is 10.2 Å². The molecule has 10 heteroatoms. The topological polar surface area (TPSA) is 114 Å². The Morgan fingerprint density at radius 1 is 1.12 bits per heavy atom. The lowest BCUT2D eigenvalue weighted by atomic mass is 10.2. The molecule has 24 heavy (non-hydrogen) atoms. The Hall–Kier alpha value is -2.56. The van der Waals surface area contributed by atoms with Gasteiger partial charge in [0, 0.05) is 6.54 Å². The zero-order chi connectivity index (χ0) is 17.0. The molecule has 2 N–H and O–H groups in total. The van der Waals surface area contributed by atoms with Gasteiger partial charge in [0.2, 0.25) is 9.47 Å². The van der Waals surface area contributed by atoms with E-state index in [0.717, 1.165) is 16.9 Å². The molecule has 124 valence electrons. The van der Waals surface area contributed by atoms with Crippen LogP contribution in [0.5, 0.6) is 0 Å². The molecule has 1 aromatic carbocycles. The summed E-state index contributed by atoms with van der Waals surface area (Å²) in [7, 11) is -3.81. The molecule has 8 nitrogen and oxygen atoms in total. The summed E-state index contributed by atoms with van der Waals surface area (Å²) in [6, 6.07) is 12.1. The first kappa shape index (κ1) is 16.3. The molecule has 0 saturated carbocycles. The van der Waals surface area contributed by atoms with E-state index in [9.17, 15) is 13.2 Å². The number of carbonyl (C=O) groups is 1. The van der Waals surface area contributed by atoms with Crippen molar-refractivity contribution < 1.29 is 17.6 Å². The van der Waals surface area contributed by atoms with E-state index in [1.165, 1.54) is 12.3 Å². The van der Waals surface area contributed by atoms with Crippen LogP contribution in [0.15, 0.2) is 57.5 Å². The van der Waals surface area contributed by atoms with Crippen LogP contribution in [0, 0.1) is 0 Å². The summed E-state index contributed by atoms with van der Waals surface area (Å²) in [5.41, 5.74) is 0.817. The van der Waals surface area contributed by atoms with Crippen molar-refractivity contribution in [3.8, 4) is 0 Å². The van der Waals surface area contributed by atoms with Gasteiger partial charge in [0.25, 0.3) is 15.9 Å². The average molecular weight is 364 g/mol. The maximum Gasteiger partial charge on any atom is 0.293 e. The van der Waals surface area contributed by atoms with Gasteiger partial charge >= 0.3 is 0 Å². The molecule has 0 saturated heterocycles. The monoisotopic (exact) mass is 364 g/mol. The third-order valence-electron chi connectivity index (χ3n) is 2.91. The van der Waals surface area contributed by atoms with E-state index in [1.54, 1.807) is 18.2 Å². The molecule has 0 atom stereocenters. The van der Waals surface area contributed by atoms with E-state index in [-0.39, 0.29) is 21.8 Å². The Balaban J connectivity index is 1.66. The van der Waals surface area contributed by atoms with Crippen molar-refractivity contribution in [1.82, 2.24) is 14.9 Å². The molecule has 2 heterocycles. The van der Waals surface area contributed by atoms with Crippen LogP contribution < -0.4 is 10.0 Å². The van der Waals surface area contributed by atoms with Crippen molar-refractivity contribution in [2.24, 2.45) is 0 Å². The number of nitrogens with zero attached hydrogens (tertiary/aromatic N) is 2. The number of amides is 1. The highest BCUT2D eigenvalue weighted by Gasteiger charge is 2.21. The lowest BCUT2D eigenvalue weighted by Crippen LogP contribution is -2.23. The van der Waals surface area contributed by atoms with Gasteiger partial charge in [0.1, 0.15) is 0 Å². The third-order valence-corrected chi connectivity index (χ3v) is 5.52. The second-order valence-electron chi connectivity index (χ2n) is 4.61. The van der Waals surface area contributed by atoms with Crippen molar-refractivity contribution >= 4 is 32.4 Å². The molecule has 0 aliphatic rings. The van der Waals surface area contributed by atoms with E-state index >= 15 is 0 Å². The maximum absolute atomic E-state index is 12.2. The molecule has 3 aromatic rings. The van der Waals surface area contributed by atoms with Crippen molar-refractivity contribution in [3.05, 3.63) is 60.1 Å². The summed E-state index contributed by atoms with van der Waals surface area (Å²) in [6.07, 6.45) is 1.36.